The Kier molecular flexibility index (Phi) is 2.98. The van der Waals surface area contributed by atoms with E-state index in [-0.39, 0.29) is 17.5 Å². The van der Waals surface area contributed by atoms with Gasteiger partial charge in [-0.3, -0.25) is 0 Å². The molecule has 1 unspecified atom stereocenters. The molecule has 1 aromatic carbocycles. The predicted molar refractivity (Wildman–Crippen MR) is 61.7 cm³/mol. The lowest BCUT2D eigenvalue weighted by Gasteiger charge is -2.09. The molecule has 0 saturated carbocycles. The Labute approximate surface area is 94.5 Å². The molecule has 1 aromatic rings. The Morgan fingerprint density at radius 2 is 2.00 bits per heavy atom. The smallest absolute Gasteiger partial charge is 0.173 e. The second-order valence-electron chi connectivity index (χ2n) is 3.81. The van der Waals surface area contributed by atoms with Crippen LogP contribution in [0, 0.1) is 0 Å². The van der Waals surface area contributed by atoms with Crippen LogP contribution in [0.2, 0.25) is 0 Å². The standard InChI is InChI=1S/C11H13NO3S/c13-11-3-1-9(2-4-11)7-12-10-5-6-16(14,15)8-10/h1-6,10,12-13H,7-8H2. The lowest BCUT2D eigenvalue weighted by Crippen LogP contribution is -2.29. The Hall–Kier alpha value is -1.33. The second kappa shape index (κ2) is 4.27. The van der Waals surface area contributed by atoms with Crippen LogP contribution in [0.3, 0.4) is 0 Å². The van der Waals surface area contributed by atoms with Gasteiger partial charge in [-0.25, -0.2) is 8.42 Å². The Morgan fingerprint density at radius 1 is 1.31 bits per heavy atom. The summed E-state index contributed by atoms with van der Waals surface area (Å²) in [5.74, 6) is 0.359. The molecule has 1 aliphatic rings. The number of phenolic OH excluding ortho intramolecular Hbond substituents is 1. The molecule has 2 rings (SSSR count). The van der Waals surface area contributed by atoms with Crippen LogP contribution in [-0.2, 0) is 16.4 Å². The van der Waals surface area contributed by atoms with E-state index in [0.29, 0.717) is 6.54 Å². The van der Waals surface area contributed by atoms with E-state index >= 15 is 0 Å². The molecule has 0 spiro atoms. The number of phenols is 1. The van der Waals surface area contributed by atoms with Crippen LogP contribution < -0.4 is 5.32 Å². The SMILES string of the molecule is O=S1(=O)C=CC(NCc2ccc(O)cc2)C1. The average Bonchev–Trinajstić information content (AvgIpc) is 2.58. The van der Waals surface area contributed by atoms with E-state index in [1.54, 1.807) is 30.3 Å². The van der Waals surface area contributed by atoms with Crippen molar-refractivity contribution in [2.75, 3.05) is 5.75 Å². The minimum atomic E-state index is -2.99. The van der Waals surface area contributed by atoms with Gasteiger partial charge in [0, 0.05) is 18.0 Å². The maximum absolute atomic E-state index is 11.1. The highest BCUT2D eigenvalue weighted by molar-refractivity contribution is 7.94. The molecule has 1 atom stereocenters. The van der Waals surface area contributed by atoms with Gasteiger partial charge in [0.1, 0.15) is 5.75 Å². The van der Waals surface area contributed by atoms with Gasteiger partial charge >= 0.3 is 0 Å². The summed E-state index contributed by atoms with van der Waals surface area (Å²) in [6.45, 7) is 0.588. The quantitative estimate of drug-likeness (QED) is 0.818. The largest absolute Gasteiger partial charge is 0.508 e. The number of rotatable bonds is 3. The fraction of sp³-hybridized carbons (Fsp3) is 0.273. The van der Waals surface area contributed by atoms with E-state index in [1.807, 2.05) is 0 Å². The van der Waals surface area contributed by atoms with Crippen LogP contribution in [0.1, 0.15) is 5.56 Å². The van der Waals surface area contributed by atoms with Gasteiger partial charge in [-0.15, -0.1) is 0 Å². The molecule has 4 nitrogen and oxygen atoms in total. The second-order valence-corrected chi connectivity index (χ2v) is 5.74. The summed E-state index contributed by atoms with van der Waals surface area (Å²) < 4.78 is 22.3. The zero-order valence-electron chi connectivity index (χ0n) is 8.63. The van der Waals surface area contributed by atoms with E-state index in [4.69, 9.17) is 5.11 Å². The molecule has 0 aliphatic carbocycles. The lowest BCUT2D eigenvalue weighted by atomic mass is 10.2. The Bertz CT molecular complexity index is 490. The molecule has 2 N–H and O–H groups in total. The molecule has 16 heavy (non-hydrogen) atoms. The normalized spacial score (nSPS) is 22.4. The van der Waals surface area contributed by atoms with Gasteiger partial charge in [-0.05, 0) is 17.7 Å². The molecule has 0 bridgehead atoms. The first-order chi connectivity index (χ1) is 7.55. The summed E-state index contributed by atoms with van der Waals surface area (Å²) in [7, 11) is -2.99. The number of aromatic hydroxyl groups is 1. The first-order valence-electron chi connectivity index (χ1n) is 4.97. The molecule has 0 radical (unpaired) electrons. The van der Waals surface area contributed by atoms with Crippen molar-refractivity contribution in [3.05, 3.63) is 41.3 Å². The average molecular weight is 239 g/mol. The number of benzene rings is 1. The van der Waals surface area contributed by atoms with Gasteiger partial charge in [-0.2, -0.15) is 0 Å². The summed E-state index contributed by atoms with van der Waals surface area (Å²) in [6, 6.07) is 6.71. The van der Waals surface area contributed by atoms with Crippen LogP contribution >= 0.6 is 0 Å². The molecule has 1 heterocycles. The van der Waals surface area contributed by atoms with Crippen LogP contribution in [-0.4, -0.2) is 25.3 Å². The summed E-state index contributed by atoms with van der Waals surface area (Å²) >= 11 is 0. The fourth-order valence-electron chi connectivity index (χ4n) is 1.57. The number of nitrogens with one attached hydrogen (secondary N) is 1. The third kappa shape index (κ3) is 2.84. The number of sulfone groups is 1. The molecule has 0 fully saturated rings. The first-order valence-corrected chi connectivity index (χ1v) is 6.69. The maximum Gasteiger partial charge on any atom is 0.173 e. The summed E-state index contributed by atoms with van der Waals surface area (Å²) in [5, 5.41) is 13.5. The Morgan fingerprint density at radius 3 is 2.56 bits per heavy atom. The maximum atomic E-state index is 11.1. The van der Waals surface area contributed by atoms with Gasteiger partial charge in [0.15, 0.2) is 9.84 Å². The van der Waals surface area contributed by atoms with Crippen LogP contribution in [0.15, 0.2) is 35.7 Å². The highest BCUT2D eigenvalue weighted by Crippen LogP contribution is 2.11. The summed E-state index contributed by atoms with van der Waals surface area (Å²) in [6.07, 6.45) is 1.66. The highest BCUT2D eigenvalue weighted by atomic mass is 32.2. The summed E-state index contributed by atoms with van der Waals surface area (Å²) in [5.41, 5.74) is 1.01. The zero-order chi connectivity index (χ0) is 11.6. The third-order valence-corrected chi connectivity index (χ3v) is 3.83. The van der Waals surface area contributed by atoms with Crippen molar-refractivity contribution in [3.63, 3.8) is 0 Å². The molecule has 0 saturated heterocycles. The lowest BCUT2D eigenvalue weighted by molar-refractivity contribution is 0.475. The molecule has 1 aliphatic heterocycles. The first kappa shape index (κ1) is 11.2. The van der Waals surface area contributed by atoms with E-state index < -0.39 is 9.84 Å². The van der Waals surface area contributed by atoms with Gasteiger partial charge in [0.05, 0.1) is 5.75 Å². The van der Waals surface area contributed by atoms with Gasteiger partial charge in [-0.1, -0.05) is 18.2 Å². The molecule has 86 valence electrons. The number of hydrogen-bond acceptors (Lipinski definition) is 4. The molecule has 0 aromatic heterocycles. The van der Waals surface area contributed by atoms with E-state index in [2.05, 4.69) is 5.32 Å². The van der Waals surface area contributed by atoms with Crippen LogP contribution in [0.4, 0.5) is 0 Å². The molecule has 0 amide bonds. The monoisotopic (exact) mass is 239 g/mol. The highest BCUT2D eigenvalue weighted by Gasteiger charge is 2.20. The zero-order valence-corrected chi connectivity index (χ0v) is 9.44. The van der Waals surface area contributed by atoms with E-state index in [1.165, 1.54) is 5.41 Å². The van der Waals surface area contributed by atoms with Crippen molar-refractivity contribution < 1.29 is 13.5 Å². The third-order valence-electron chi connectivity index (χ3n) is 2.43. The van der Waals surface area contributed by atoms with Crippen molar-refractivity contribution in [2.45, 2.75) is 12.6 Å². The van der Waals surface area contributed by atoms with Crippen molar-refractivity contribution in [1.82, 2.24) is 5.32 Å². The predicted octanol–water partition coefficient (Wildman–Crippen LogP) is 0.792. The molecule has 5 heteroatoms. The molecular weight excluding hydrogens is 226 g/mol. The Balaban J connectivity index is 1.89. The van der Waals surface area contributed by atoms with Gasteiger partial charge in [0.25, 0.3) is 0 Å². The molecular formula is C11H13NO3S. The van der Waals surface area contributed by atoms with Gasteiger partial charge < -0.3 is 10.4 Å². The number of hydrogen-bond donors (Lipinski definition) is 2. The minimum absolute atomic E-state index is 0.112. The van der Waals surface area contributed by atoms with Crippen molar-refractivity contribution in [3.8, 4) is 5.75 Å². The van der Waals surface area contributed by atoms with Crippen molar-refractivity contribution in [2.24, 2.45) is 0 Å². The topological polar surface area (TPSA) is 66.4 Å². The van der Waals surface area contributed by atoms with Crippen molar-refractivity contribution >= 4 is 9.84 Å². The van der Waals surface area contributed by atoms with Crippen LogP contribution in [0.25, 0.3) is 0 Å². The van der Waals surface area contributed by atoms with Gasteiger partial charge in [0.2, 0.25) is 0 Å². The summed E-state index contributed by atoms with van der Waals surface area (Å²) in [4.78, 5) is 0. The minimum Gasteiger partial charge on any atom is -0.508 e. The van der Waals surface area contributed by atoms with E-state index in [0.717, 1.165) is 5.56 Å². The fourth-order valence-corrected chi connectivity index (χ4v) is 2.84. The van der Waals surface area contributed by atoms with E-state index in [9.17, 15) is 8.42 Å². The van der Waals surface area contributed by atoms with Crippen LogP contribution in [0.5, 0.6) is 5.75 Å². The van der Waals surface area contributed by atoms with Crippen molar-refractivity contribution in [1.29, 1.82) is 0 Å².